The van der Waals surface area contributed by atoms with Gasteiger partial charge in [-0.1, -0.05) is 0 Å². The molecule has 2 aliphatic heterocycles. The first-order valence-electron chi connectivity index (χ1n) is 13.4. The molecule has 2 aliphatic rings. The number of H-pyrrole nitrogens is 1. The summed E-state index contributed by atoms with van der Waals surface area (Å²) >= 11 is 0. The second kappa shape index (κ2) is 10.6. The number of aromatic nitrogens is 4. The number of amides is 2. The minimum absolute atomic E-state index is 0.0440. The van der Waals surface area contributed by atoms with Gasteiger partial charge in [-0.15, -0.1) is 0 Å². The van der Waals surface area contributed by atoms with Crippen LogP contribution in [0.2, 0.25) is 0 Å². The van der Waals surface area contributed by atoms with Gasteiger partial charge in [-0.25, -0.2) is 9.97 Å². The molecule has 2 saturated heterocycles. The topological polar surface area (TPSA) is 134 Å². The number of ether oxygens (including phenoxy) is 2. The molecule has 3 aromatic heterocycles. The van der Waals surface area contributed by atoms with Crippen LogP contribution in [-0.4, -0.2) is 69.2 Å². The van der Waals surface area contributed by atoms with Gasteiger partial charge in [-0.05, 0) is 68.7 Å². The van der Waals surface area contributed by atoms with Crippen LogP contribution in [0.15, 0.2) is 54.9 Å². The highest BCUT2D eigenvalue weighted by Gasteiger charge is 2.44. The van der Waals surface area contributed by atoms with Crippen molar-refractivity contribution in [2.24, 2.45) is 5.41 Å². The number of pyridine rings is 2. The maximum absolute atomic E-state index is 13.0. The van der Waals surface area contributed by atoms with Crippen LogP contribution >= 0.6 is 0 Å². The number of nitrogens with zero attached hydrogens (tertiary/aromatic N) is 4. The Labute approximate surface area is 231 Å². The van der Waals surface area contributed by atoms with Crippen LogP contribution in [0.5, 0.6) is 11.5 Å². The number of carbonyl (C=O) groups excluding carboxylic acids is 2. The number of rotatable bonds is 7. The van der Waals surface area contributed by atoms with E-state index < -0.39 is 5.41 Å². The Balaban J connectivity index is 1.15. The van der Waals surface area contributed by atoms with Gasteiger partial charge >= 0.3 is 0 Å². The molecule has 0 saturated carbocycles. The number of piperidine rings is 1. The zero-order valence-electron chi connectivity index (χ0n) is 22.4. The fourth-order valence-corrected chi connectivity index (χ4v) is 5.09. The number of benzene rings is 1. The average Bonchev–Trinajstić information content (AvgIpc) is 3.35. The molecule has 0 aliphatic carbocycles. The lowest BCUT2D eigenvalue weighted by Crippen LogP contribution is -2.56. The van der Waals surface area contributed by atoms with E-state index in [1.807, 2.05) is 30.9 Å². The van der Waals surface area contributed by atoms with Crippen LogP contribution in [-0.2, 0) is 9.53 Å². The number of likely N-dealkylation sites (tertiary alicyclic amines) is 1. The van der Waals surface area contributed by atoms with E-state index in [0.717, 1.165) is 30.3 Å². The van der Waals surface area contributed by atoms with E-state index >= 15 is 0 Å². The first-order valence-corrected chi connectivity index (χ1v) is 13.4. The Hall–Kier alpha value is -4.51. The summed E-state index contributed by atoms with van der Waals surface area (Å²) in [5, 5.41) is 14.5. The molecule has 0 radical (unpaired) electrons. The molecule has 11 heteroatoms. The third kappa shape index (κ3) is 5.20. The maximum atomic E-state index is 13.0. The average molecular weight is 542 g/mol. The summed E-state index contributed by atoms with van der Waals surface area (Å²) in [4.78, 5) is 36.2. The number of hydrogen-bond acceptors (Lipinski definition) is 8. The molecule has 1 aromatic carbocycles. The third-order valence-electron chi connectivity index (χ3n) is 7.33. The van der Waals surface area contributed by atoms with E-state index in [9.17, 15) is 9.59 Å². The monoisotopic (exact) mass is 541 g/mol. The summed E-state index contributed by atoms with van der Waals surface area (Å²) in [7, 11) is 0. The molecule has 0 bridgehead atoms. The van der Waals surface area contributed by atoms with Crippen LogP contribution in [0.25, 0.3) is 11.0 Å². The zero-order chi connectivity index (χ0) is 27.7. The van der Waals surface area contributed by atoms with E-state index in [1.165, 1.54) is 0 Å². The molecule has 0 unspecified atom stereocenters. The van der Waals surface area contributed by atoms with Gasteiger partial charge in [0.05, 0.1) is 18.6 Å². The first-order chi connectivity index (χ1) is 19.4. The molecule has 6 rings (SSSR count). The van der Waals surface area contributed by atoms with Crippen LogP contribution in [0.1, 0.15) is 35.7 Å². The van der Waals surface area contributed by atoms with Crippen molar-refractivity contribution >= 4 is 34.5 Å². The molecule has 1 atom stereocenters. The minimum atomic E-state index is -0.417. The van der Waals surface area contributed by atoms with Crippen LogP contribution in [0.4, 0.5) is 11.6 Å². The Kier molecular flexibility index (Phi) is 6.81. The Morgan fingerprint density at radius 2 is 1.93 bits per heavy atom. The van der Waals surface area contributed by atoms with Crippen molar-refractivity contribution in [2.75, 3.05) is 36.9 Å². The minimum Gasteiger partial charge on any atom is -0.456 e. The summed E-state index contributed by atoms with van der Waals surface area (Å²) in [6, 6.07) is 12.4. The lowest BCUT2D eigenvalue weighted by molar-refractivity contribution is -0.169. The molecule has 40 heavy (non-hydrogen) atoms. The van der Waals surface area contributed by atoms with Gasteiger partial charge in [0.1, 0.15) is 22.7 Å². The molecule has 0 spiro atoms. The van der Waals surface area contributed by atoms with Crippen molar-refractivity contribution in [3.05, 3.63) is 66.0 Å². The van der Waals surface area contributed by atoms with E-state index in [4.69, 9.17) is 9.47 Å². The molecule has 3 N–H and O–H groups in total. The highest BCUT2D eigenvalue weighted by molar-refractivity contribution is 6.03. The fourth-order valence-electron chi connectivity index (χ4n) is 5.09. The molecular formula is C29H31N7O4. The SMILES string of the molecule is Cc1ccnc(NC(=O)c2ccc(Oc3ccnc4[nH]nc(N[C@@H]5CCCN(C(=O)C6(C)COC6)C5)c34)cc2)c1. The molecule has 11 nitrogen and oxygen atoms in total. The van der Waals surface area contributed by atoms with E-state index in [0.29, 0.717) is 54.1 Å². The molecule has 4 aromatic rings. The second-order valence-corrected chi connectivity index (χ2v) is 10.7. The predicted molar refractivity (Wildman–Crippen MR) is 149 cm³/mol. The standard InChI is InChI=1S/C29H31N7O4/c1-18-9-11-30-23(14-18)33-27(37)19-5-7-21(8-6-19)40-22-10-12-31-25-24(22)26(35-34-25)32-20-4-3-13-36(15-20)28(38)29(2)16-39-17-29/h5-12,14,20H,3-4,13,15-17H2,1-2H3,(H,30,33,37)(H2,31,32,34,35)/t20-/m1/s1. The quantitative estimate of drug-likeness (QED) is 0.318. The number of hydrogen-bond donors (Lipinski definition) is 3. The fraction of sp³-hybridized carbons (Fsp3) is 0.345. The highest BCUT2D eigenvalue weighted by atomic mass is 16.5. The van der Waals surface area contributed by atoms with Crippen molar-refractivity contribution in [3.8, 4) is 11.5 Å². The summed E-state index contributed by atoms with van der Waals surface area (Å²) < 4.78 is 11.5. The van der Waals surface area contributed by atoms with Crippen molar-refractivity contribution in [2.45, 2.75) is 32.7 Å². The number of fused-ring (bicyclic) bond motifs is 1. The van der Waals surface area contributed by atoms with Crippen molar-refractivity contribution in [1.82, 2.24) is 25.1 Å². The third-order valence-corrected chi connectivity index (χ3v) is 7.33. The number of nitrogens with one attached hydrogen (secondary N) is 3. The van der Waals surface area contributed by atoms with Gasteiger partial charge in [-0.2, -0.15) is 5.10 Å². The second-order valence-electron chi connectivity index (χ2n) is 10.7. The summed E-state index contributed by atoms with van der Waals surface area (Å²) in [5.41, 5.74) is 1.67. The Morgan fingerprint density at radius 3 is 2.67 bits per heavy atom. The van der Waals surface area contributed by atoms with E-state index in [-0.39, 0.29) is 17.9 Å². The lowest BCUT2D eigenvalue weighted by Gasteiger charge is -2.43. The van der Waals surface area contributed by atoms with Gasteiger partial charge in [0.15, 0.2) is 11.5 Å². The van der Waals surface area contributed by atoms with Crippen LogP contribution in [0.3, 0.4) is 0 Å². The normalized spacial score (nSPS) is 18.1. The number of carbonyl (C=O) groups is 2. The number of aromatic amines is 1. The summed E-state index contributed by atoms with van der Waals surface area (Å²) in [6.45, 7) is 6.21. The Morgan fingerprint density at radius 1 is 1.12 bits per heavy atom. The van der Waals surface area contributed by atoms with E-state index in [2.05, 4.69) is 30.8 Å². The summed E-state index contributed by atoms with van der Waals surface area (Å²) in [5.74, 6) is 2.16. The van der Waals surface area contributed by atoms with Gasteiger partial charge in [0.2, 0.25) is 5.91 Å². The maximum Gasteiger partial charge on any atom is 0.256 e. The summed E-state index contributed by atoms with van der Waals surface area (Å²) in [6.07, 6.45) is 5.14. The molecule has 2 fully saturated rings. The van der Waals surface area contributed by atoms with E-state index in [1.54, 1.807) is 42.7 Å². The van der Waals surface area contributed by atoms with Gasteiger partial charge in [-0.3, -0.25) is 14.7 Å². The van der Waals surface area contributed by atoms with Gasteiger partial charge < -0.3 is 25.0 Å². The lowest BCUT2D eigenvalue weighted by atomic mass is 9.86. The highest BCUT2D eigenvalue weighted by Crippen LogP contribution is 2.34. The largest absolute Gasteiger partial charge is 0.456 e. The molecule has 5 heterocycles. The van der Waals surface area contributed by atoms with Gasteiger partial charge in [0, 0.05) is 43.2 Å². The number of aryl methyl sites for hydroxylation is 1. The zero-order valence-corrected chi connectivity index (χ0v) is 22.4. The predicted octanol–water partition coefficient (Wildman–Crippen LogP) is 4.15. The molecule has 206 valence electrons. The molecule has 2 amide bonds. The first kappa shape index (κ1) is 25.8. The van der Waals surface area contributed by atoms with Crippen LogP contribution in [0, 0.1) is 12.3 Å². The Bertz CT molecular complexity index is 1550. The van der Waals surface area contributed by atoms with Gasteiger partial charge in [0.25, 0.3) is 5.91 Å². The van der Waals surface area contributed by atoms with Crippen LogP contribution < -0.4 is 15.4 Å². The molecular weight excluding hydrogens is 510 g/mol. The van der Waals surface area contributed by atoms with Crippen molar-refractivity contribution in [1.29, 1.82) is 0 Å². The number of anilines is 2. The van der Waals surface area contributed by atoms with Crippen molar-refractivity contribution in [3.63, 3.8) is 0 Å². The van der Waals surface area contributed by atoms with Crippen molar-refractivity contribution < 1.29 is 19.1 Å². The smallest absolute Gasteiger partial charge is 0.256 e.